The van der Waals surface area contributed by atoms with Crippen LogP contribution in [0, 0.1) is 6.92 Å². The van der Waals surface area contributed by atoms with Crippen molar-refractivity contribution in [3.63, 3.8) is 0 Å². The van der Waals surface area contributed by atoms with Crippen LogP contribution in [-0.2, 0) is 6.18 Å². The molecule has 1 aromatic heterocycles. The molecule has 0 bridgehead atoms. The van der Waals surface area contributed by atoms with E-state index in [1.807, 2.05) is 0 Å². The lowest BCUT2D eigenvalue weighted by atomic mass is 10.1. The van der Waals surface area contributed by atoms with E-state index >= 15 is 0 Å². The summed E-state index contributed by atoms with van der Waals surface area (Å²) < 4.78 is 38.3. The van der Waals surface area contributed by atoms with Crippen molar-refractivity contribution in [1.29, 1.82) is 0 Å². The topological polar surface area (TPSA) is 37.8 Å². The van der Waals surface area contributed by atoms with Crippen LogP contribution in [0.1, 0.15) is 11.4 Å². The van der Waals surface area contributed by atoms with E-state index in [4.69, 9.17) is 0 Å². The second kappa shape index (κ2) is 5.95. The van der Waals surface area contributed by atoms with Crippen molar-refractivity contribution >= 4 is 5.82 Å². The van der Waals surface area contributed by atoms with Crippen molar-refractivity contribution in [1.82, 2.24) is 9.97 Å². The Kier molecular flexibility index (Phi) is 4.26. The molecule has 0 fully saturated rings. The molecule has 1 N–H and O–H groups in total. The van der Waals surface area contributed by atoms with Gasteiger partial charge in [-0.05, 0) is 19.1 Å². The lowest BCUT2D eigenvalue weighted by Gasteiger charge is -2.10. The Bertz CT molecular complexity index is 651. The molecule has 0 radical (unpaired) electrons. The molecule has 1 heterocycles. The van der Waals surface area contributed by atoms with E-state index < -0.39 is 11.7 Å². The van der Waals surface area contributed by atoms with E-state index in [1.54, 1.807) is 25.1 Å². The van der Waals surface area contributed by atoms with Gasteiger partial charge in [-0.25, -0.2) is 9.97 Å². The van der Waals surface area contributed by atoms with Gasteiger partial charge in [0.2, 0.25) is 0 Å². The lowest BCUT2D eigenvalue weighted by Crippen LogP contribution is -2.05. The summed E-state index contributed by atoms with van der Waals surface area (Å²) in [4.78, 5) is 8.37. The summed E-state index contributed by atoms with van der Waals surface area (Å²) in [5.74, 6) is 1.03. The zero-order valence-electron chi connectivity index (χ0n) is 11.4. The Balaban J connectivity index is 2.41. The van der Waals surface area contributed by atoms with Crippen LogP contribution >= 0.6 is 0 Å². The van der Waals surface area contributed by atoms with Gasteiger partial charge in [-0.1, -0.05) is 18.2 Å². The maximum absolute atomic E-state index is 12.8. The summed E-state index contributed by atoms with van der Waals surface area (Å²) in [7, 11) is 0. The minimum Gasteiger partial charge on any atom is -0.366 e. The van der Waals surface area contributed by atoms with E-state index in [0.717, 1.165) is 12.1 Å². The van der Waals surface area contributed by atoms with Gasteiger partial charge >= 0.3 is 6.18 Å². The normalized spacial score (nSPS) is 11.2. The summed E-state index contributed by atoms with van der Waals surface area (Å²) in [5.41, 5.74) is 0.147. The van der Waals surface area contributed by atoms with Crippen LogP contribution in [0.3, 0.4) is 0 Å². The highest BCUT2D eigenvalue weighted by atomic mass is 19.4. The Labute approximate surface area is 120 Å². The van der Waals surface area contributed by atoms with Crippen LogP contribution in [0.25, 0.3) is 11.3 Å². The Morgan fingerprint density at radius 1 is 1.24 bits per heavy atom. The van der Waals surface area contributed by atoms with Gasteiger partial charge in [0.15, 0.2) is 0 Å². The molecule has 0 saturated heterocycles. The van der Waals surface area contributed by atoms with Crippen LogP contribution in [0.15, 0.2) is 43.0 Å². The first-order chi connectivity index (χ1) is 9.90. The van der Waals surface area contributed by atoms with E-state index in [1.165, 1.54) is 6.07 Å². The lowest BCUT2D eigenvalue weighted by molar-refractivity contribution is -0.137. The number of aryl methyl sites for hydroxylation is 1. The number of benzene rings is 1. The van der Waals surface area contributed by atoms with E-state index in [0.29, 0.717) is 29.4 Å². The van der Waals surface area contributed by atoms with E-state index in [-0.39, 0.29) is 0 Å². The Hall–Kier alpha value is -2.37. The maximum atomic E-state index is 12.8. The fourth-order valence-corrected chi connectivity index (χ4v) is 1.84. The summed E-state index contributed by atoms with van der Waals surface area (Å²) >= 11 is 0. The molecular weight excluding hydrogens is 279 g/mol. The molecule has 0 amide bonds. The Morgan fingerprint density at radius 2 is 2.00 bits per heavy atom. The van der Waals surface area contributed by atoms with Gasteiger partial charge in [0.25, 0.3) is 0 Å². The molecule has 0 saturated carbocycles. The van der Waals surface area contributed by atoms with Crippen LogP contribution in [-0.4, -0.2) is 16.5 Å². The first-order valence-electron chi connectivity index (χ1n) is 6.28. The van der Waals surface area contributed by atoms with Crippen LogP contribution in [0.4, 0.5) is 19.0 Å². The summed E-state index contributed by atoms with van der Waals surface area (Å²) in [6.07, 6.45) is -2.70. The molecule has 6 heteroatoms. The first kappa shape index (κ1) is 15.0. The number of hydrogen-bond donors (Lipinski definition) is 1. The van der Waals surface area contributed by atoms with Gasteiger partial charge in [-0.2, -0.15) is 13.2 Å². The molecule has 0 spiro atoms. The van der Waals surface area contributed by atoms with Crippen molar-refractivity contribution in [3.05, 3.63) is 54.4 Å². The predicted octanol–water partition coefficient (Wildman–Crippen LogP) is 4.07. The zero-order valence-corrected chi connectivity index (χ0v) is 11.4. The smallest absolute Gasteiger partial charge is 0.366 e. The van der Waals surface area contributed by atoms with Crippen LogP contribution < -0.4 is 5.32 Å². The van der Waals surface area contributed by atoms with Gasteiger partial charge in [0.05, 0.1) is 11.3 Å². The highest BCUT2D eigenvalue weighted by molar-refractivity contribution is 5.63. The second-order valence-corrected chi connectivity index (χ2v) is 4.43. The third-order valence-electron chi connectivity index (χ3n) is 2.75. The monoisotopic (exact) mass is 293 g/mol. The van der Waals surface area contributed by atoms with Gasteiger partial charge in [-0.15, -0.1) is 6.58 Å². The molecular formula is C15H14F3N3. The maximum Gasteiger partial charge on any atom is 0.416 e. The first-order valence-corrected chi connectivity index (χ1v) is 6.28. The molecule has 2 rings (SSSR count). The number of alkyl halides is 3. The third kappa shape index (κ3) is 3.81. The summed E-state index contributed by atoms with van der Waals surface area (Å²) in [6, 6.07) is 6.69. The average Bonchev–Trinajstić information content (AvgIpc) is 2.44. The van der Waals surface area contributed by atoms with Gasteiger partial charge in [-0.3, -0.25) is 0 Å². The van der Waals surface area contributed by atoms with Crippen molar-refractivity contribution < 1.29 is 13.2 Å². The minimum atomic E-state index is -4.37. The number of rotatable bonds is 4. The zero-order chi connectivity index (χ0) is 15.5. The number of nitrogens with one attached hydrogen (secondary N) is 1. The van der Waals surface area contributed by atoms with E-state index in [2.05, 4.69) is 21.9 Å². The number of nitrogens with zero attached hydrogens (tertiary/aromatic N) is 2. The molecule has 0 atom stereocenters. The molecule has 110 valence electrons. The van der Waals surface area contributed by atoms with Crippen LogP contribution in [0.2, 0.25) is 0 Å². The summed E-state index contributed by atoms with van der Waals surface area (Å²) in [5, 5.41) is 3.00. The molecule has 1 aromatic carbocycles. The van der Waals surface area contributed by atoms with Crippen LogP contribution in [0.5, 0.6) is 0 Å². The Morgan fingerprint density at radius 3 is 2.67 bits per heavy atom. The quantitative estimate of drug-likeness (QED) is 0.864. The fourth-order valence-electron chi connectivity index (χ4n) is 1.84. The molecule has 0 aliphatic carbocycles. The molecule has 0 aliphatic heterocycles. The van der Waals surface area contributed by atoms with Crippen molar-refractivity contribution in [2.45, 2.75) is 13.1 Å². The van der Waals surface area contributed by atoms with Crippen molar-refractivity contribution in [2.75, 3.05) is 11.9 Å². The van der Waals surface area contributed by atoms with E-state index in [9.17, 15) is 13.2 Å². The average molecular weight is 293 g/mol. The highest BCUT2D eigenvalue weighted by Gasteiger charge is 2.30. The standard InChI is InChI=1S/C15H14F3N3/c1-3-7-19-14-9-13(20-10(2)21-14)11-5-4-6-12(8-11)15(16,17)18/h3-6,8-9H,1,7H2,2H3,(H,19,20,21). The number of aromatic nitrogens is 2. The molecule has 0 aliphatic rings. The SMILES string of the molecule is C=CCNc1cc(-c2cccc(C(F)(F)F)c2)nc(C)n1. The van der Waals surface area contributed by atoms with Crippen molar-refractivity contribution in [3.8, 4) is 11.3 Å². The van der Waals surface area contributed by atoms with Gasteiger partial charge in [0.1, 0.15) is 11.6 Å². The molecule has 21 heavy (non-hydrogen) atoms. The predicted molar refractivity (Wildman–Crippen MR) is 75.9 cm³/mol. The molecule has 2 aromatic rings. The summed E-state index contributed by atoms with van der Waals surface area (Å²) in [6.45, 7) is 5.79. The second-order valence-electron chi connectivity index (χ2n) is 4.43. The van der Waals surface area contributed by atoms with Crippen molar-refractivity contribution in [2.24, 2.45) is 0 Å². The largest absolute Gasteiger partial charge is 0.416 e. The number of anilines is 1. The minimum absolute atomic E-state index is 0.400. The molecule has 3 nitrogen and oxygen atoms in total. The van der Waals surface area contributed by atoms with Gasteiger partial charge in [0, 0.05) is 18.2 Å². The highest BCUT2D eigenvalue weighted by Crippen LogP contribution is 2.32. The van der Waals surface area contributed by atoms with Gasteiger partial charge < -0.3 is 5.32 Å². The number of hydrogen-bond acceptors (Lipinski definition) is 3. The third-order valence-corrected chi connectivity index (χ3v) is 2.75. The fraction of sp³-hybridized carbons (Fsp3) is 0.200. The molecule has 0 unspecified atom stereocenters. The number of halogens is 3.